The lowest BCUT2D eigenvalue weighted by atomic mass is 10.1. The van der Waals surface area contributed by atoms with Crippen molar-refractivity contribution in [1.29, 1.82) is 0 Å². The van der Waals surface area contributed by atoms with Gasteiger partial charge in [0.05, 0.1) is 12.2 Å². The van der Waals surface area contributed by atoms with Crippen LogP contribution in [0.5, 0.6) is 5.75 Å². The lowest BCUT2D eigenvalue weighted by molar-refractivity contribution is -0.106. The largest absolute Gasteiger partial charge is 0.465 e. The summed E-state index contributed by atoms with van der Waals surface area (Å²) in [6.45, 7) is 2.02. The van der Waals surface area contributed by atoms with Crippen molar-refractivity contribution >= 4 is 5.78 Å². The molecule has 0 aliphatic carbocycles. The molecule has 92 valence electrons. The predicted molar refractivity (Wildman–Crippen MR) is 60.6 cm³/mol. The van der Waals surface area contributed by atoms with Gasteiger partial charge in [-0.1, -0.05) is 0 Å². The molecule has 0 amide bonds. The van der Waals surface area contributed by atoms with Gasteiger partial charge in [0.1, 0.15) is 11.6 Å². The fourth-order valence-corrected chi connectivity index (χ4v) is 1.81. The highest BCUT2D eigenvalue weighted by molar-refractivity contribution is 5.94. The van der Waals surface area contributed by atoms with Crippen LogP contribution in [-0.4, -0.2) is 18.7 Å². The van der Waals surface area contributed by atoms with E-state index < -0.39 is 5.82 Å². The summed E-state index contributed by atoms with van der Waals surface area (Å²) in [6.07, 6.45) is 2.61. The molecule has 4 heteroatoms. The van der Waals surface area contributed by atoms with Crippen LogP contribution in [0.15, 0.2) is 18.2 Å². The van der Waals surface area contributed by atoms with Crippen LogP contribution >= 0.6 is 0 Å². The highest BCUT2D eigenvalue weighted by Crippen LogP contribution is 2.21. The zero-order chi connectivity index (χ0) is 12.3. The molecule has 17 heavy (non-hydrogen) atoms. The summed E-state index contributed by atoms with van der Waals surface area (Å²) in [5.41, 5.74) is 0.0851. The van der Waals surface area contributed by atoms with Crippen molar-refractivity contribution < 1.29 is 18.7 Å². The van der Waals surface area contributed by atoms with E-state index in [0.717, 1.165) is 19.3 Å². The molecule has 1 unspecified atom stereocenters. The number of Topliss-reactive ketones (excluding diaryl/α,β-unsaturated/α-hetero) is 1. The maximum absolute atomic E-state index is 13.5. The molecule has 0 bridgehead atoms. The van der Waals surface area contributed by atoms with E-state index in [1.807, 2.05) is 0 Å². The number of hydrogen-bond acceptors (Lipinski definition) is 3. The number of rotatable bonds is 3. The van der Waals surface area contributed by atoms with E-state index >= 15 is 0 Å². The van der Waals surface area contributed by atoms with Gasteiger partial charge in [0.2, 0.25) is 0 Å². The van der Waals surface area contributed by atoms with Gasteiger partial charge >= 0.3 is 0 Å². The van der Waals surface area contributed by atoms with E-state index in [2.05, 4.69) is 0 Å². The fraction of sp³-hybridized carbons (Fsp3) is 0.462. The molecular formula is C13H15FO3. The number of benzene rings is 1. The Morgan fingerprint density at radius 1 is 1.47 bits per heavy atom. The minimum absolute atomic E-state index is 0.0851. The van der Waals surface area contributed by atoms with E-state index in [9.17, 15) is 9.18 Å². The first-order chi connectivity index (χ1) is 8.16. The van der Waals surface area contributed by atoms with Crippen LogP contribution in [0.4, 0.5) is 4.39 Å². The molecule has 1 aromatic rings. The van der Waals surface area contributed by atoms with E-state index in [1.54, 1.807) is 6.07 Å². The van der Waals surface area contributed by atoms with Gasteiger partial charge in [0, 0.05) is 12.5 Å². The summed E-state index contributed by atoms with van der Waals surface area (Å²) in [5, 5.41) is 0. The van der Waals surface area contributed by atoms with E-state index in [1.165, 1.54) is 19.1 Å². The van der Waals surface area contributed by atoms with Crippen LogP contribution in [0, 0.1) is 5.82 Å². The standard InChI is InChI=1S/C13H15FO3/c1-9(15)11-6-5-10(8-12(11)14)17-13-4-2-3-7-16-13/h5-6,8,13H,2-4,7H2,1H3. The highest BCUT2D eigenvalue weighted by atomic mass is 19.1. The molecular weight excluding hydrogens is 223 g/mol. The molecule has 0 spiro atoms. The number of ether oxygens (including phenoxy) is 2. The van der Waals surface area contributed by atoms with E-state index in [-0.39, 0.29) is 17.6 Å². The van der Waals surface area contributed by atoms with Crippen molar-refractivity contribution in [3.63, 3.8) is 0 Å². The van der Waals surface area contributed by atoms with Crippen LogP contribution in [0.1, 0.15) is 36.5 Å². The second kappa shape index (κ2) is 5.27. The molecule has 0 aromatic heterocycles. The minimum atomic E-state index is -0.550. The third-order valence-corrected chi connectivity index (χ3v) is 2.73. The molecule has 3 nitrogen and oxygen atoms in total. The van der Waals surface area contributed by atoms with Gasteiger partial charge in [0.15, 0.2) is 12.1 Å². The van der Waals surface area contributed by atoms with Crippen LogP contribution in [0.3, 0.4) is 0 Å². The third kappa shape index (κ3) is 3.03. The Bertz CT molecular complexity index is 411. The SMILES string of the molecule is CC(=O)c1ccc(OC2CCCCO2)cc1F. The Labute approximate surface area is 99.5 Å². The van der Waals surface area contributed by atoms with Crippen molar-refractivity contribution in [2.24, 2.45) is 0 Å². The van der Waals surface area contributed by atoms with Gasteiger partial charge in [-0.2, -0.15) is 0 Å². The Morgan fingerprint density at radius 2 is 2.29 bits per heavy atom. The second-order valence-electron chi connectivity index (χ2n) is 4.11. The molecule has 2 rings (SSSR count). The van der Waals surface area contributed by atoms with Crippen molar-refractivity contribution in [2.45, 2.75) is 32.5 Å². The molecule has 1 atom stereocenters. The Morgan fingerprint density at radius 3 is 2.88 bits per heavy atom. The molecule has 1 heterocycles. The first-order valence-corrected chi connectivity index (χ1v) is 5.75. The number of carbonyl (C=O) groups excluding carboxylic acids is 1. The van der Waals surface area contributed by atoms with Crippen molar-refractivity contribution in [3.8, 4) is 5.75 Å². The lowest BCUT2D eigenvalue weighted by Crippen LogP contribution is -2.25. The average molecular weight is 238 g/mol. The van der Waals surface area contributed by atoms with Crippen molar-refractivity contribution in [3.05, 3.63) is 29.6 Å². The third-order valence-electron chi connectivity index (χ3n) is 2.73. The number of halogens is 1. The maximum atomic E-state index is 13.5. The minimum Gasteiger partial charge on any atom is -0.465 e. The number of hydrogen-bond donors (Lipinski definition) is 0. The van der Waals surface area contributed by atoms with Gasteiger partial charge in [-0.15, -0.1) is 0 Å². The van der Waals surface area contributed by atoms with E-state index in [4.69, 9.17) is 9.47 Å². The molecule has 0 saturated carbocycles. The average Bonchev–Trinajstić information content (AvgIpc) is 2.30. The number of ketones is 1. The Balaban J connectivity index is 2.06. The predicted octanol–water partition coefficient (Wildman–Crippen LogP) is 2.93. The quantitative estimate of drug-likeness (QED) is 0.759. The Kier molecular flexibility index (Phi) is 3.74. The summed E-state index contributed by atoms with van der Waals surface area (Å²) >= 11 is 0. The van der Waals surface area contributed by atoms with Crippen molar-refractivity contribution in [1.82, 2.24) is 0 Å². The zero-order valence-corrected chi connectivity index (χ0v) is 9.74. The molecule has 0 N–H and O–H groups in total. The number of carbonyl (C=O) groups is 1. The highest BCUT2D eigenvalue weighted by Gasteiger charge is 2.16. The molecule has 0 radical (unpaired) electrons. The first-order valence-electron chi connectivity index (χ1n) is 5.75. The molecule has 1 aromatic carbocycles. The molecule has 1 aliphatic rings. The smallest absolute Gasteiger partial charge is 0.199 e. The summed E-state index contributed by atoms with van der Waals surface area (Å²) in [5.74, 6) is -0.437. The normalized spacial score (nSPS) is 20.0. The fourth-order valence-electron chi connectivity index (χ4n) is 1.81. The van der Waals surface area contributed by atoms with Gasteiger partial charge in [-0.25, -0.2) is 4.39 Å². The Hall–Kier alpha value is -1.42. The molecule has 1 saturated heterocycles. The second-order valence-corrected chi connectivity index (χ2v) is 4.11. The summed E-state index contributed by atoms with van der Waals surface area (Å²) in [7, 11) is 0. The van der Waals surface area contributed by atoms with Gasteiger partial charge in [-0.3, -0.25) is 4.79 Å². The van der Waals surface area contributed by atoms with Crippen LogP contribution < -0.4 is 4.74 Å². The molecule has 1 fully saturated rings. The monoisotopic (exact) mass is 238 g/mol. The van der Waals surface area contributed by atoms with Gasteiger partial charge < -0.3 is 9.47 Å². The van der Waals surface area contributed by atoms with E-state index in [0.29, 0.717) is 12.4 Å². The lowest BCUT2D eigenvalue weighted by Gasteiger charge is -2.23. The zero-order valence-electron chi connectivity index (χ0n) is 9.74. The van der Waals surface area contributed by atoms with Crippen molar-refractivity contribution in [2.75, 3.05) is 6.61 Å². The topological polar surface area (TPSA) is 35.5 Å². The summed E-state index contributed by atoms with van der Waals surface area (Å²) in [4.78, 5) is 11.1. The summed E-state index contributed by atoms with van der Waals surface area (Å²) in [6, 6.07) is 4.27. The van der Waals surface area contributed by atoms with Gasteiger partial charge in [-0.05, 0) is 31.9 Å². The first kappa shape index (κ1) is 12.0. The maximum Gasteiger partial charge on any atom is 0.199 e. The van der Waals surface area contributed by atoms with Crippen LogP contribution in [0.25, 0.3) is 0 Å². The van der Waals surface area contributed by atoms with Crippen LogP contribution in [-0.2, 0) is 4.74 Å². The molecule has 1 aliphatic heterocycles. The van der Waals surface area contributed by atoms with Gasteiger partial charge in [0.25, 0.3) is 0 Å². The van der Waals surface area contributed by atoms with Crippen LogP contribution in [0.2, 0.25) is 0 Å². The summed E-state index contributed by atoms with van der Waals surface area (Å²) < 4.78 is 24.4.